The summed E-state index contributed by atoms with van der Waals surface area (Å²) >= 11 is 0. The largest absolute Gasteiger partial charge is 0.466 e. The van der Waals surface area contributed by atoms with E-state index in [0.717, 1.165) is 32.1 Å². The molecule has 0 aliphatic rings. The number of carbonyl (C=O) groups excluding carboxylic acids is 2. The maximum absolute atomic E-state index is 11.3. The molecule has 0 bridgehead atoms. The van der Waals surface area contributed by atoms with Gasteiger partial charge >= 0.3 is 11.9 Å². The third-order valence-corrected chi connectivity index (χ3v) is 2.49. The summed E-state index contributed by atoms with van der Waals surface area (Å²) in [5, 5.41) is 0. The van der Waals surface area contributed by atoms with Crippen LogP contribution in [0.2, 0.25) is 0 Å². The number of unbranched alkanes of at least 4 members (excludes halogenated alkanes) is 2. The maximum atomic E-state index is 11.3. The Labute approximate surface area is 116 Å². The summed E-state index contributed by atoms with van der Waals surface area (Å²) in [6, 6.07) is 0. The Morgan fingerprint density at radius 1 is 0.895 bits per heavy atom. The first-order valence-electron chi connectivity index (χ1n) is 7.16. The van der Waals surface area contributed by atoms with E-state index in [1.165, 1.54) is 0 Å². The lowest BCUT2D eigenvalue weighted by molar-refractivity contribution is -0.150. The second-order valence-corrected chi connectivity index (χ2v) is 4.32. The minimum Gasteiger partial charge on any atom is -0.466 e. The van der Waals surface area contributed by atoms with E-state index >= 15 is 0 Å². The third kappa shape index (κ3) is 12.9. The lowest BCUT2D eigenvalue weighted by atomic mass is 10.3. The van der Waals surface area contributed by atoms with Crippen molar-refractivity contribution in [1.29, 1.82) is 0 Å². The van der Waals surface area contributed by atoms with Crippen molar-refractivity contribution in [3.8, 4) is 0 Å². The normalized spacial score (nSPS) is 10.6. The van der Waals surface area contributed by atoms with E-state index in [0.29, 0.717) is 13.2 Å². The molecule has 0 aromatic heterocycles. The number of rotatable bonds is 11. The Hall–Kier alpha value is -1.32. The summed E-state index contributed by atoms with van der Waals surface area (Å²) in [5.74, 6) is -0.658. The highest BCUT2D eigenvalue weighted by Gasteiger charge is 2.08. The van der Waals surface area contributed by atoms with Crippen LogP contribution in [0.1, 0.15) is 58.8 Å². The fourth-order valence-corrected chi connectivity index (χ4v) is 1.41. The minimum atomic E-state index is -0.338. The van der Waals surface area contributed by atoms with Gasteiger partial charge in [0.05, 0.1) is 26.1 Å². The number of hydrogen-bond donors (Lipinski definition) is 0. The van der Waals surface area contributed by atoms with Gasteiger partial charge in [-0.3, -0.25) is 9.59 Å². The molecule has 0 N–H and O–H groups in total. The van der Waals surface area contributed by atoms with Crippen molar-refractivity contribution in [3.05, 3.63) is 12.2 Å². The van der Waals surface area contributed by atoms with Gasteiger partial charge in [-0.25, -0.2) is 0 Å². The van der Waals surface area contributed by atoms with E-state index in [9.17, 15) is 9.59 Å². The SMILES string of the molecule is CC/C=C/CCOC(=O)CCC(=O)OCCCCC. The average molecular weight is 270 g/mol. The maximum Gasteiger partial charge on any atom is 0.306 e. The number of ether oxygens (including phenoxy) is 2. The number of esters is 2. The molecule has 0 rings (SSSR count). The van der Waals surface area contributed by atoms with Gasteiger partial charge in [0, 0.05) is 0 Å². The molecular formula is C15H26O4. The fraction of sp³-hybridized carbons (Fsp3) is 0.733. The van der Waals surface area contributed by atoms with Crippen LogP contribution in [-0.2, 0) is 19.1 Å². The molecule has 4 nitrogen and oxygen atoms in total. The molecule has 4 heteroatoms. The molecule has 0 aliphatic heterocycles. The summed E-state index contributed by atoms with van der Waals surface area (Å²) in [6.45, 7) is 4.96. The zero-order chi connectivity index (χ0) is 14.3. The molecule has 110 valence electrons. The molecule has 0 amide bonds. The van der Waals surface area contributed by atoms with Gasteiger partial charge in [0.15, 0.2) is 0 Å². The van der Waals surface area contributed by atoms with Gasteiger partial charge in [-0.05, 0) is 19.3 Å². The van der Waals surface area contributed by atoms with Crippen LogP contribution in [0.5, 0.6) is 0 Å². The Kier molecular flexibility index (Phi) is 12.2. The molecule has 19 heavy (non-hydrogen) atoms. The van der Waals surface area contributed by atoms with Crippen LogP contribution in [0.15, 0.2) is 12.2 Å². The minimum absolute atomic E-state index is 0.101. The highest BCUT2D eigenvalue weighted by molar-refractivity contribution is 5.77. The van der Waals surface area contributed by atoms with Crippen LogP contribution in [0.3, 0.4) is 0 Å². The van der Waals surface area contributed by atoms with Crippen molar-refractivity contribution in [3.63, 3.8) is 0 Å². The van der Waals surface area contributed by atoms with Crippen LogP contribution in [0.4, 0.5) is 0 Å². The van der Waals surface area contributed by atoms with Crippen molar-refractivity contribution in [2.45, 2.75) is 58.8 Å². The van der Waals surface area contributed by atoms with Crippen LogP contribution in [0, 0.1) is 0 Å². The van der Waals surface area contributed by atoms with E-state index in [2.05, 4.69) is 13.8 Å². The molecule has 0 fully saturated rings. The number of hydrogen-bond acceptors (Lipinski definition) is 4. The van der Waals surface area contributed by atoms with Crippen LogP contribution in [0.25, 0.3) is 0 Å². The molecule has 0 aliphatic carbocycles. The lowest BCUT2D eigenvalue weighted by Crippen LogP contribution is -2.11. The predicted molar refractivity (Wildman–Crippen MR) is 74.7 cm³/mol. The Bertz CT molecular complexity index is 271. The van der Waals surface area contributed by atoms with Crippen LogP contribution >= 0.6 is 0 Å². The molecule has 0 atom stereocenters. The Morgan fingerprint density at radius 2 is 1.53 bits per heavy atom. The molecular weight excluding hydrogens is 244 g/mol. The second kappa shape index (κ2) is 13.1. The van der Waals surface area contributed by atoms with Gasteiger partial charge in [-0.2, -0.15) is 0 Å². The summed E-state index contributed by atoms with van der Waals surface area (Å²) in [5.41, 5.74) is 0. The van der Waals surface area contributed by atoms with Crippen molar-refractivity contribution in [2.24, 2.45) is 0 Å². The summed E-state index contributed by atoms with van der Waals surface area (Å²) in [4.78, 5) is 22.6. The number of carbonyl (C=O) groups is 2. The van der Waals surface area contributed by atoms with Gasteiger partial charge in [0.2, 0.25) is 0 Å². The quantitative estimate of drug-likeness (QED) is 0.328. The van der Waals surface area contributed by atoms with E-state index in [-0.39, 0.29) is 24.8 Å². The zero-order valence-electron chi connectivity index (χ0n) is 12.2. The summed E-state index contributed by atoms with van der Waals surface area (Å²) < 4.78 is 9.98. The van der Waals surface area contributed by atoms with Gasteiger partial charge in [0.25, 0.3) is 0 Å². The molecule has 0 aromatic carbocycles. The van der Waals surface area contributed by atoms with Crippen molar-refractivity contribution in [2.75, 3.05) is 13.2 Å². The molecule has 0 saturated heterocycles. The highest BCUT2D eigenvalue weighted by Crippen LogP contribution is 2.00. The first kappa shape index (κ1) is 17.7. The van der Waals surface area contributed by atoms with Crippen molar-refractivity contribution < 1.29 is 19.1 Å². The van der Waals surface area contributed by atoms with E-state index in [4.69, 9.17) is 9.47 Å². The number of allylic oxidation sites excluding steroid dienone is 1. The Balaban J connectivity index is 3.45. The van der Waals surface area contributed by atoms with Crippen molar-refractivity contribution >= 4 is 11.9 Å². The Morgan fingerprint density at radius 3 is 2.11 bits per heavy atom. The monoisotopic (exact) mass is 270 g/mol. The van der Waals surface area contributed by atoms with Crippen LogP contribution < -0.4 is 0 Å². The van der Waals surface area contributed by atoms with Crippen molar-refractivity contribution in [1.82, 2.24) is 0 Å². The first-order chi connectivity index (χ1) is 9.20. The smallest absolute Gasteiger partial charge is 0.306 e. The van der Waals surface area contributed by atoms with Gasteiger partial charge < -0.3 is 9.47 Å². The topological polar surface area (TPSA) is 52.6 Å². The third-order valence-electron chi connectivity index (χ3n) is 2.49. The predicted octanol–water partition coefficient (Wildman–Crippen LogP) is 3.40. The van der Waals surface area contributed by atoms with E-state index < -0.39 is 0 Å². The standard InChI is InChI=1S/C15H26O4/c1-3-5-7-9-13-19-15(17)11-10-14(16)18-12-8-6-4-2/h5,7H,3-4,6,8-13H2,1-2H3/b7-5+. The fourth-order valence-electron chi connectivity index (χ4n) is 1.41. The van der Waals surface area contributed by atoms with Gasteiger partial charge in [-0.15, -0.1) is 0 Å². The lowest BCUT2D eigenvalue weighted by Gasteiger charge is -2.04. The van der Waals surface area contributed by atoms with E-state index in [1.807, 2.05) is 12.2 Å². The van der Waals surface area contributed by atoms with Gasteiger partial charge in [0.1, 0.15) is 0 Å². The molecule has 0 aromatic rings. The van der Waals surface area contributed by atoms with Crippen LogP contribution in [-0.4, -0.2) is 25.2 Å². The van der Waals surface area contributed by atoms with E-state index in [1.54, 1.807) is 0 Å². The second-order valence-electron chi connectivity index (χ2n) is 4.32. The zero-order valence-corrected chi connectivity index (χ0v) is 12.2. The highest BCUT2D eigenvalue weighted by atomic mass is 16.5. The molecule has 0 unspecified atom stereocenters. The van der Waals surface area contributed by atoms with Gasteiger partial charge in [-0.1, -0.05) is 38.8 Å². The molecule has 0 heterocycles. The molecule has 0 spiro atoms. The average Bonchev–Trinajstić information content (AvgIpc) is 2.41. The first-order valence-corrected chi connectivity index (χ1v) is 7.16. The molecule has 0 saturated carbocycles. The summed E-state index contributed by atoms with van der Waals surface area (Å²) in [7, 11) is 0. The summed E-state index contributed by atoms with van der Waals surface area (Å²) in [6.07, 6.45) is 8.96. The molecule has 0 radical (unpaired) electrons.